The summed E-state index contributed by atoms with van der Waals surface area (Å²) in [7, 11) is 0. The number of pyridine rings is 1. The van der Waals surface area contributed by atoms with Crippen LogP contribution in [0.1, 0.15) is 91.8 Å². The molecule has 0 spiro atoms. The molecule has 3 aliphatic carbocycles. The third-order valence-electron chi connectivity index (χ3n) is 12.1. The fourth-order valence-electron chi connectivity index (χ4n) is 9.19. The number of benzene rings is 2. The standard InChI is InChI=1S/C39H37Cl2FN8O/c1-19-26-15-31(30-14-24(17-48(30)39(51)21-9-10-21)49-18-45-38(47-49)20-7-8-20)50(36-23-13-29(36)44-16-23)37(26)27-12-22(4-3-11-43)32(34(42)35(27)46-19)25-5-2-6-28(40)33(25)41/h2,5-6,12,15,18,20-21,23-24,29-30,36,44H,3-4,7-10,13-14,16-17H2,1H3/t23-,24+,29-,30-,36+/m1/s1. The summed E-state index contributed by atoms with van der Waals surface area (Å²) in [4.78, 5) is 25.7. The second-order valence-electron chi connectivity index (χ2n) is 15.3. The summed E-state index contributed by atoms with van der Waals surface area (Å²) in [6.45, 7) is 3.45. The maximum Gasteiger partial charge on any atom is 0.226 e. The van der Waals surface area contributed by atoms with Gasteiger partial charge in [-0.25, -0.2) is 19.0 Å². The average molecular weight is 724 g/mol. The molecule has 51 heavy (non-hydrogen) atoms. The van der Waals surface area contributed by atoms with E-state index in [2.05, 4.69) is 31.9 Å². The van der Waals surface area contributed by atoms with Crippen LogP contribution < -0.4 is 5.32 Å². The maximum absolute atomic E-state index is 17.2. The van der Waals surface area contributed by atoms with Crippen molar-refractivity contribution in [1.82, 2.24) is 34.5 Å². The minimum Gasteiger partial charge on any atom is -0.337 e. The monoisotopic (exact) mass is 722 g/mol. The van der Waals surface area contributed by atoms with Crippen LogP contribution in [-0.4, -0.2) is 54.3 Å². The number of amides is 1. The number of hydrogen-bond acceptors (Lipinski definition) is 6. The minimum absolute atomic E-state index is 0.0106. The highest BCUT2D eigenvalue weighted by molar-refractivity contribution is 6.43. The first-order chi connectivity index (χ1) is 24.8. The molecule has 6 fully saturated rings. The first kappa shape index (κ1) is 31.7. The third kappa shape index (κ3) is 4.95. The molecule has 3 aliphatic heterocycles. The molecule has 6 heterocycles. The van der Waals surface area contributed by atoms with E-state index in [0.29, 0.717) is 57.9 Å². The maximum atomic E-state index is 17.2. The predicted molar refractivity (Wildman–Crippen MR) is 193 cm³/mol. The Morgan fingerprint density at radius 3 is 2.71 bits per heavy atom. The number of nitrogens with zero attached hydrogens (tertiary/aromatic N) is 7. The van der Waals surface area contributed by atoms with Gasteiger partial charge in [-0.3, -0.25) is 4.79 Å². The number of rotatable bonds is 8. The molecule has 0 radical (unpaired) electrons. The molecule has 9 nitrogen and oxygen atoms in total. The molecule has 1 N–H and O–H groups in total. The molecule has 5 atom stereocenters. The van der Waals surface area contributed by atoms with Crippen molar-refractivity contribution in [2.45, 2.75) is 88.4 Å². The van der Waals surface area contributed by atoms with Gasteiger partial charge in [0.25, 0.3) is 0 Å². The Morgan fingerprint density at radius 2 is 1.98 bits per heavy atom. The summed E-state index contributed by atoms with van der Waals surface area (Å²) >= 11 is 13.1. The number of aryl methyl sites for hydroxylation is 2. The quantitative estimate of drug-likeness (QED) is 0.174. The summed E-state index contributed by atoms with van der Waals surface area (Å²) in [5.74, 6) is 1.61. The number of hydrogen-bond donors (Lipinski definition) is 1. The lowest BCUT2D eigenvalue weighted by Gasteiger charge is -2.39. The van der Waals surface area contributed by atoms with E-state index in [9.17, 15) is 10.1 Å². The normalized spacial score (nSPS) is 25.5. The Balaban J connectivity index is 1.19. The van der Waals surface area contributed by atoms with Crippen molar-refractivity contribution < 1.29 is 9.18 Å². The fourth-order valence-corrected chi connectivity index (χ4v) is 9.58. The molecular weight excluding hydrogens is 686 g/mol. The van der Waals surface area contributed by atoms with Gasteiger partial charge < -0.3 is 14.8 Å². The van der Waals surface area contributed by atoms with E-state index in [1.165, 1.54) is 0 Å². The molecule has 11 rings (SSSR count). The number of aromatic nitrogens is 5. The summed E-state index contributed by atoms with van der Waals surface area (Å²) in [5, 5.41) is 20.5. The summed E-state index contributed by atoms with van der Waals surface area (Å²) in [6.07, 6.45) is 8.35. The average Bonchev–Trinajstić information content (AvgIpc) is 3.82. The van der Waals surface area contributed by atoms with E-state index in [0.717, 1.165) is 73.2 Å². The highest BCUT2D eigenvalue weighted by Gasteiger charge is 2.51. The molecule has 2 bridgehead atoms. The molecule has 1 amide bonds. The smallest absolute Gasteiger partial charge is 0.226 e. The van der Waals surface area contributed by atoms with E-state index in [-0.39, 0.29) is 46.9 Å². The topological polar surface area (TPSA) is 105 Å². The number of fused-ring (bicyclic) bond motifs is 4. The molecule has 3 saturated heterocycles. The Labute approximate surface area is 304 Å². The van der Waals surface area contributed by atoms with Crippen molar-refractivity contribution in [2.75, 3.05) is 13.1 Å². The highest BCUT2D eigenvalue weighted by atomic mass is 35.5. The molecule has 0 unspecified atom stereocenters. The van der Waals surface area contributed by atoms with Gasteiger partial charge in [-0.15, -0.1) is 0 Å². The highest BCUT2D eigenvalue weighted by Crippen LogP contribution is 2.52. The van der Waals surface area contributed by atoms with Crippen LogP contribution in [0.5, 0.6) is 0 Å². The Kier molecular flexibility index (Phi) is 7.29. The fraction of sp³-hybridized carbons (Fsp3) is 0.462. The summed E-state index contributed by atoms with van der Waals surface area (Å²) < 4.78 is 21.6. The van der Waals surface area contributed by atoms with Crippen molar-refractivity contribution in [3.8, 4) is 17.2 Å². The largest absolute Gasteiger partial charge is 0.337 e. The van der Waals surface area contributed by atoms with Crippen molar-refractivity contribution in [3.05, 3.63) is 75.3 Å². The van der Waals surface area contributed by atoms with Crippen LogP contribution in [0.25, 0.3) is 32.9 Å². The van der Waals surface area contributed by atoms with Gasteiger partial charge in [-0.05, 0) is 81.5 Å². The predicted octanol–water partition coefficient (Wildman–Crippen LogP) is 7.99. The van der Waals surface area contributed by atoms with Crippen LogP contribution in [0.2, 0.25) is 10.0 Å². The zero-order valence-electron chi connectivity index (χ0n) is 28.2. The summed E-state index contributed by atoms with van der Waals surface area (Å²) in [6, 6.07) is 12.0. The lowest BCUT2D eigenvalue weighted by atomic mass is 9.79. The van der Waals surface area contributed by atoms with Crippen molar-refractivity contribution in [2.24, 2.45) is 11.8 Å². The van der Waals surface area contributed by atoms with E-state index in [1.54, 1.807) is 18.2 Å². The van der Waals surface area contributed by atoms with E-state index >= 15 is 4.39 Å². The van der Waals surface area contributed by atoms with Crippen LogP contribution in [0, 0.1) is 35.9 Å². The number of carbonyl (C=O) groups is 1. The lowest BCUT2D eigenvalue weighted by molar-refractivity contribution is -0.133. The molecule has 12 heteroatoms. The zero-order chi connectivity index (χ0) is 34.7. The molecule has 2 aromatic carbocycles. The van der Waals surface area contributed by atoms with Gasteiger partial charge in [0.15, 0.2) is 11.6 Å². The molecule has 3 saturated carbocycles. The van der Waals surface area contributed by atoms with Gasteiger partial charge >= 0.3 is 0 Å². The molecular formula is C39H37Cl2FN8O. The van der Waals surface area contributed by atoms with Gasteiger partial charge in [0.2, 0.25) is 5.91 Å². The van der Waals surface area contributed by atoms with Gasteiger partial charge in [0.1, 0.15) is 11.8 Å². The van der Waals surface area contributed by atoms with E-state index in [4.69, 9.17) is 33.3 Å². The van der Waals surface area contributed by atoms with Crippen molar-refractivity contribution in [1.29, 1.82) is 5.26 Å². The van der Waals surface area contributed by atoms with Crippen molar-refractivity contribution in [3.63, 3.8) is 0 Å². The Hall–Kier alpha value is -4.04. The van der Waals surface area contributed by atoms with Gasteiger partial charge in [-0.1, -0.05) is 35.3 Å². The van der Waals surface area contributed by atoms with Crippen LogP contribution in [0.3, 0.4) is 0 Å². The van der Waals surface area contributed by atoms with E-state index < -0.39 is 5.82 Å². The molecule has 3 aromatic heterocycles. The Bertz CT molecular complexity index is 2310. The van der Waals surface area contributed by atoms with Crippen LogP contribution in [0.4, 0.5) is 4.39 Å². The zero-order valence-corrected chi connectivity index (χ0v) is 29.8. The van der Waals surface area contributed by atoms with Crippen LogP contribution in [-0.2, 0) is 11.2 Å². The number of likely N-dealkylation sites (tertiary alicyclic amines) is 1. The van der Waals surface area contributed by atoms with Crippen LogP contribution in [0.15, 0.2) is 36.7 Å². The van der Waals surface area contributed by atoms with Crippen molar-refractivity contribution >= 4 is 50.9 Å². The number of halogens is 3. The number of carbonyl (C=O) groups excluding carboxylic acids is 1. The van der Waals surface area contributed by atoms with E-state index in [1.807, 2.05) is 24.0 Å². The first-order valence-electron chi connectivity index (χ1n) is 18.2. The lowest BCUT2D eigenvalue weighted by Crippen LogP contribution is -2.41. The summed E-state index contributed by atoms with van der Waals surface area (Å²) in [5.41, 5.74) is 4.51. The van der Waals surface area contributed by atoms with Crippen LogP contribution >= 0.6 is 23.2 Å². The van der Waals surface area contributed by atoms with Gasteiger partial charge in [0, 0.05) is 70.7 Å². The second kappa shape index (κ2) is 11.7. The number of nitrogens with one attached hydrogen (secondary N) is 1. The third-order valence-corrected chi connectivity index (χ3v) is 12.9. The molecule has 260 valence electrons. The Morgan fingerprint density at radius 1 is 1.14 bits per heavy atom. The van der Waals surface area contributed by atoms with Gasteiger partial charge in [-0.2, -0.15) is 10.4 Å². The van der Waals surface area contributed by atoms with Gasteiger partial charge in [0.05, 0.1) is 39.8 Å². The minimum atomic E-state index is -0.470. The number of nitriles is 1. The molecule has 5 aromatic rings. The first-order valence-corrected chi connectivity index (χ1v) is 19.0. The molecule has 6 aliphatic rings. The second-order valence-corrected chi connectivity index (χ2v) is 16.1. The SMILES string of the molecule is Cc1nc2c(F)c(-c3cccc(Cl)c3Cl)c(CCC#N)cc2c2c1cc([C@H]1C[C@H](n3cnc(C4CC4)n3)CN1C(=O)C1CC1)n2[C@H]1[C@H]2CN[C@@H]1C2.